The van der Waals surface area contributed by atoms with Gasteiger partial charge in [0.05, 0.1) is 6.04 Å². The van der Waals surface area contributed by atoms with Crippen LogP contribution in [0.1, 0.15) is 36.9 Å². The number of hydrogen-bond acceptors (Lipinski definition) is 3. The lowest BCUT2D eigenvalue weighted by Gasteiger charge is -2.35. The molecule has 2 unspecified atom stereocenters. The molecule has 2 aromatic rings. The molecule has 2 N–H and O–H groups in total. The van der Waals surface area contributed by atoms with E-state index < -0.39 is 0 Å². The monoisotopic (exact) mass is 320 g/mol. The molecule has 21 heavy (non-hydrogen) atoms. The highest BCUT2D eigenvalue weighted by Gasteiger charge is 2.36. The summed E-state index contributed by atoms with van der Waals surface area (Å²) in [6.45, 7) is 3.07. The predicted molar refractivity (Wildman–Crippen MR) is 90.7 cm³/mol. The van der Waals surface area contributed by atoms with Crippen molar-refractivity contribution in [2.45, 2.75) is 44.4 Å². The molecule has 1 aromatic heterocycles. The van der Waals surface area contributed by atoms with E-state index in [9.17, 15) is 0 Å². The van der Waals surface area contributed by atoms with Gasteiger partial charge in [-0.2, -0.15) is 11.3 Å². The van der Waals surface area contributed by atoms with Crippen molar-refractivity contribution >= 4 is 22.9 Å². The maximum atomic E-state index is 6.33. The molecule has 0 amide bonds. The normalized spacial score (nSPS) is 17.9. The van der Waals surface area contributed by atoms with Gasteiger partial charge in [-0.15, -0.1) is 0 Å². The van der Waals surface area contributed by atoms with Crippen molar-refractivity contribution in [1.82, 2.24) is 4.90 Å². The van der Waals surface area contributed by atoms with Crippen molar-refractivity contribution in [1.29, 1.82) is 0 Å². The van der Waals surface area contributed by atoms with Crippen LogP contribution in [0.25, 0.3) is 0 Å². The molecule has 1 aliphatic rings. The third-order valence-electron chi connectivity index (χ3n) is 4.03. The van der Waals surface area contributed by atoms with Gasteiger partial charge in [0.25, 0.3) is 0 Å². The fourth-order valence-electron chi connectivity index (χ4n) is 2.91. The first-order valence-electron chi connectivity index (χ1n) is 7.43. The Balaban J connectivity index is 1.87. The fourth-order valence-corrected chi connectivity index (χ4v) is 3.70. The van der Waals surface area contributed by atoms with E-state index in [4.69, 9.17) is 17.3 Å². The Morgan fingerprint density at radius 2 is 2.00 bits per heavy atom. The van der Waals surface area contributed by atoms with E-state index in [2.05, 4.69) is 40.8 Å². The van der Waals surface area contributed by atoms with Gasteiger partial charge in [-0.3, -0.25) is 4.90 Å². The summed E-state index contributed by atoms with van der Waals surface area (Å²) in [5, 5.41) is 5.15. The minimum absolute atomic E-state index is 0.0883. The van der Waals surface area contributed by atoms with Gasteiger partial charge < -0.3 is 5.73 Å². The van der Waals surface area contributed by atoms with Gasteiger partial charge in [0.15, 0.2) is 0 Å². The third kappa shape index (κ3) is 3.67. The second-order valence-electron chi connectivity index (χ2n) is 5.89. The summed E-state index contributed by atoms with van der Waals surface area (Å²) in [6, 6.07) is 11.3. The van der Waals surface area contributed by atoms with Crippen molar-refractivity contribution in [3.05, 3.63) is 57.2 Å². The highest BCUT2D eigenvalue weighted by molar-refractivity contribution is 7.07. The number of rotatable bonds is 6. The average Bonchev–Trinajstić information content (AvgIpc) is 3.18. The zero-order valence-corrected chi connectivity index (χ0v) is 13.8. The molecule has 0 bridgehead atoms. The molecule has 1 aromatic carbocycles. The molecule has 1 saturated carbocycles. The molecule has 112 valence electrons. The van der Waals surface area contributed by atoms with Crippen LogP contribution in [0.4, 0.5) is 0 Å². The van der Waals surface area contributed by atoms with Crippen molar-refractivity contribution in [2.75, 3.05) is 0 Å². The topological polar surface area (TPSA) is 29.3 Å². The largest absolute Gasteiger partial charge is 0.326 e. The van der Waals surface area contributed by atoms with E-state index in [0.29, 0.717) is 6.04 Å². The van der Waals surface area contributed by atoms with E-state index in [-0.39, 0.29) is 12.1 Å². The van der Waals surface area contributed by atoms with Crippen molar-refractivity contribution in [3.8, 4) is 0 Å². The number of halogens is 1. The first-order chi connectivity index (χ1) is 10.1. The Kier molecular flexibility index (Phi) is 4.65. The molecular weight excluding hydrogens is 300 g/mol. The molecule has 4 heteroatoms. The number of nitrogens with zero attached hydrogens (tertiary/aromatic N) is 1. The number of nitrogens with two attached hydrogens (primary N) is 1. The molecule has 2 atom stereocenters. The van der Waals surface area contributed by atoms with Crippen LogP contribution in [-0.4, -0.2) is 17.0 Å². The first-order valence-corrected chi connectivity index (χ1v) is 8.75. The predicted octanol–water partition coefficient (Wildman–Crippen LogP) is 4.45. The van der Waals surface area contributed by atoms with Gasteiger partial charge in [0, 0.05) is 23.7 Å². The van der Waals surface area contributed by atoms with Gasteiger partial charge in [0.2, 0.25) is 0 Å². The summed E-state index contributed by atoms with van der Waals surface area (Å²) in [5.74, 6) is 0. The van der Waals surface area contributed by atoms with E-state index in [1.165, 1.54) is 24.0 Å². The van der Waals surface area contributed by atoms with Crippen LogP contribution in [0.5, 0.6) is 0 Å². The smallest absolute Gasteiger partial charge is 0.0502 e. The summed E-state index contributed by atoms with van der Waals surface area (Å²) in [6.07, 6.45) is 2.56. The van der Waals surface area contributed by atoms with Crippen LogP contribution in [0.2, 0.25) is 5.02 Å². The van der Waals surface area contributed by atoms with Gasteiger partial charge >= 0.3 is 0 Å². The van der Waals surface area contributed by atoms with Crippen molar-refractivity contribution in [3.63, 3.8) is 0 Å². The van der Waals surface area contributed by atoms with Crippen molar-refractivity contribution in [2.24, 2.45) is 5.73 Å². The summed E-state index contributed by atoms with van der Waals surface area (Å²) in [7, 11) is 0. The van der Waals surface area contributed by atoms with Gasteiger partial charge in [-0.25, -0.2) is 0 Å². The lowest BCUT2D eigenvalue weighted by molar-refractivity contribution is 0.157. The van der Waals surface area contributed by atoms with Crippen LogP contribution in [0, 0.1) is 0 Å². The second-order valence-corrected chi connectivity index (χ2v) is 7.11. The molecule has 2 nitrogen and oxygen atoms in total. The molecule has 1 fully saturated rings. The Labute approximate surface area is 135 Å². The van der Waals surface area contributed by atoms with Crippen LogP contribution < -0.4 is 5.73 Å². The van der Waals surface area contributed by atoms with E-state index >= 15 is 0 Å². The fraction of sp³-hybridized carbons (Fsp3) is 0.412. The molecule has 0 aliphatic heterocycles. The molecule has 0 radical (unpaired) electrons. The maximum absolute atomic E-state index is 6.33. The zero-order valence-electron chi connectivity index (χ0n) is 12.2. The minimum atomic E-state index is 0.0883. The maximum Gasteiger partial charge on any atom is 0.0502 e. The SMILES string of the molecule is CC(N)C(c1ccc(Cl)cc1)N(Cc1ccsc1)C1CC1. The number of thiophene rings is 1. The van der Waals surface area contributed by atoms with E-state index in [1.807, 2.05) is 12.1 Å². The number of hydrogen-bond donors (Lipinski definition) is 1. The molecule has 3 rings (SSSR count). The standard InChI is InChI=1S/C17H21ClN2S/c1-12(19)17(14-2-4-15(18)5-3-14)20(16-6-7-16)10-13-8-9-21-11-13/h2-5,8-9,11-12,16-17H,6-7,10,19H2,1H3. The lowest BCUT2D eigenvalue weighted by atomic mass is 9.98. The summed E-state index contributed by atoms with van der Waals surface area (Å²) in [4.78, 5) is 2.57. The summed E-state index contributed by atoms with van der Waals surface area (Å²) < 4.78 is 0. The Bertz CT molecular complexity index is 561. The zero-order chi connectivity index (χ0) is 14.8. The minimum Gasteiger partial charge on any atom is -0.326 e. The highest BCUT2D eigenvalue weighted by Crippen LogP contribution is 2.37. The molecule has 0 spiro atoms. The van der Waals surface area contributed by atoms with Crippen LogP contribution >= 0.6 is 22.9 Å². The van der Waals surface area contributed by atoms with Gasteiger partial charge in [-0.05, 0) is 59.9 Å². The van der Waals surface area contributed by atoms with Crippen LogP contribution in [0.15, 0.2) is 41.1 Å². The molecule has 1 aliphatic carbocycles. The van der Waals surface area contributed by atoms with Gasteiger partial charge in [0.1, 0.15) is 0 Å². The molecule has 0 saturated heterocycles. The molecular formula is C17H21ClN2S. The summed E-state index contributed by atoms with van der Waals surface area (Å²) in [5.41, 5.74) is 8.97. The number of benzene rings is 1. The third-order valence-corrected chi connectivity index (χ3v) is 5.01. The Morgan fingerprint density at radius 1 is 1.29 bits per heavy atom. The Morgan fingerprint density at radius 3 is 2.52 bits per heavy atom. The Hall–Kier alpha value is -0.870. The molecule has 1 heterocycles. The van der Waals surface area contributed by atoms with Gasteiger partial charge in [-0.1, -0.05) is 23.7 Å². The van der Waals surface area contributed by atoms with E-state index in [0.717, 1.165) is 11.6 Å². The summed E-state index contributed by atoms with van der Waals surface area (Å²) >= 11 is 7.78. The van der Waals surface area contributed by atoms with Crippen LogP contribution in [-0.2, 0) is 6.54 Å². The average molecular weight is 321 g/mol. The first kappa shape index (κ1) is 15.0. The van der Waals surface area contributed by atoms with Crippen molar-refractivity contribution < 1.29 is 0 Å². The van der Waals surface area contributed by atoms with E-state index in [1.54, 1.807) is 11.3 Å². The van der Waals surface area contributed by atoms with Crippen LogP contribution in [0.3, 0.4) is 0 Å². The highest BCUT2D eigenvalue weighted by atomic mass is 35.5. The quantitative estimate of drug-likeness (QED) is 0.851. The lowest BCUT2D eigenvalue weighted by Crippen LogP contribution is -2.40. The second kappa shape index (κ2) is 6.49.